The van der Waals surface area contributed by atoms with Crippen molar-refractivity contribution < 1.29 is 4.74 Å². The minimum Gasteiger partial charge on any atom is -0.454 e. The fraction of sp³-hybridized carbons (Fsp3) is 0.200. The van der Waals surface area contributed by atoms with E-state index < -0.39 is 0 Å². The van der Waals surface area contributed by atoms with E-state index in [0.717, 1.165) is 66.7 Å². The Morgan fingerprint density at radius 2 is 1.71 bits per heavy atom. The summed E-state index contributed by atoms with van der Waals surface area (Å²) in [6.45, 7) is 4.26. The molecule has 0 N–H and O–H groups in total. The van der Waals surface area contributed by atoms with Gasteiger partial charge in [-0.25, -0.2) is 4.99 Å². The second-order valence-corrected chi connectivity index (χ2v) is 8.11. The molecule has 1 fully saturated rings. The summed E-state index contributed by atoms with van der Waals surface area (Å²) in [7, 11) is 0. The van der Waals surface area contributed by atoms with Crippen molar-refractivity contribution in [3.05, 3.63) is 88.4 Å². The quantitative estimate of drug-likeness (QED) is 0.562. The summed E-state index contributed by atoms with van der Waals surface area (Å²) in [6, 6.07) is 23.7. The molecule has 2 heterocycles. The lowest BCUT2D eigenvalue weighted by Gasteiger charge is -2.36. The van der Waals surface area contributed by atoms with Gasteiger partial charge in [-0.2, -0.15) is 5.26 Å². The first-order chi connectivity index (χ1) is 15.2. The van der Waals surface area contributed by atoms with Crippen LogP contribution in [0.15, 0.2) is 71.7 Å². The summed E-state index contributed by atoms with van der Waals surface area (Å²) in [5.74, 6) is 2.42. The summed E-state index contributed by atoms with van der Waals surface area (Å²) in [5, 5.41) is 10.0. The summed E-state index contributed by atoms with van der Waals surface area (Å²) >= 11 is 6.23. The summed E-state index contributed by atoms with van der Waals surface area (Å²) in [4.78, 5) is 9.67. The predicted molar refractivity (Wildman–Crippen MR) is 122 cm³/mol. The van der Waals surface area contributed by atoms with Gasteiger partial charge in [-0.1, -0.05) is 41.9 Å². The molecule has 0 atom stereocenters. The highest BCUT2D eigenvalue weighted by Crippen LogP contribution is 2.39. The number of benzene rings is 3. The monoisotopic (exact) mass is 428 g/mol. The molecule has 0 amide bonds. The van der Waals surface area contributed by atoms with E-state index in [9.17, 15) is 5.26 Å². The highest BCUT2D eigenvalue weighted by Gasteiger charge is 2.26. The van der Waals surface area contributed by atoms with Crippen LogP contribution < -0.4 is 4.74 Å². The van der Waals surface area contributed by atoms with Crippen molar-refractivity contribution in [2.24, 2.45) is 4.99 Å². The normalized spacial score (nSPS) is 15.7. The fourth-order valence-electron chi connectivity index (χ4n) is 4.06. The van der Waals surface area contributed by atoms with Crippen LogP contribution in [-0.4, -0.2) is 41.8 Å². The van der Waals surface area contributed by atoms with E-state index in [0.29, 0.717) is 10.8 Å². The van der Waals surface area contributed by atoms with E-state index in [1.54, 1.807) is 0 Å². The molecule has 0 spiro atoms. The maximum atomic E-state index is 9.37. The van der Waals surface area contributed by atoms with E-state index in [1.165, 1.54) is 0 Å². The van der Waals surface area contributed by atoms with Gasteiger partial charge in [-0.15, -0.1) is 0 Å². The molecule has 1 saturated heterocycles. The molecule has 0 radical (unpaired) electrons. The van der Waals surface area contributed by atoms with Crippen LogP contribution >= 0.6 is 11.6 Å². The van der Waals surface area contributed by atoms with Gasteiger partial charge in [0.25, 0.3) is 0 Å². The average molecular weight is 429 g/mol. The van der Waals surface area contributed by atoms with E-state index in [2.05, 4.69) is 21.9 Å². The molecule has 154 valence electrons. The largest absolute Gasteiger partial charge is 0.454 e. The van der Waals surface area contributed by atoms with Crippen LogP contribution in [0, 0.1) is 11.3 Å². The van der Waals surface area contributed by atoms with Gasteiger partial charge >= 0.3 is 0 Å². The minimum absolute atomic E-state index is 0.636. The number of hydrogen-bond acceptors (Lipinski definition) is 5. The third-order valence-electron chi connectivity index (χ3n) is 5.70. The van der Waals surface area contributed by atoms with Gasteiger partial charge in [-0.3, -0.25) is 4.90 Å². The molecule has 2 aliphatic rings. The first-order valence-electron chi connectivity index (χ1n) is 10.3. The molecule has 0 bridgehead atoms. The van der Waals surface area contributed by atoms with Crippen molar-refractivity contribution in [3.8, 4) is 17.6 Å². The number of hydrogen-bond donors (Lipinski definition) is 0. The number of nitrogens with zero attached hydrogens (tertiary/aromatic N) is 4. The Kier molecular flexibility index (Phi) is 5.33. The third kappa shape index (κ3) is 4.00. The predicted octanol–water partition coefficient (Wildman–Crippen LogP) is 5.21. The molecule has 3 aromatic carbocycles. The number of amidine groups is 1. The van der Waals surface area contributed by atoms with Gasteiger partial charge < -0.3 is 9.64 Å². The zero-order valence-electron chi connectivity index (χ0n) is 17.0. The first kappa shape index (κ1) is 19.6. The van der Waals surface area contributed by atoms with Crippen molar-refractivity contribution in [3.63, 3.8) is 0 Å². The molecule has 6 heteroatoms. The molecule has 2 aliphatic heterocycles. The van der Waals surface area contributed by atoms with Gasteiger partial charge in [-0.05, 0) is 42.0 Å². The van der Waals surface area contributed by atoms with Crippen LogP contribution in [0.5, 0.6) is 11.5 Å². The number of ether oxygens (including phenoxy) is 1. The van der Waals surface area contributed by atoms with Crippen molar-refractivity contribution in [2.45, 2.75) is 6.54 Å². The Labute approximate surface area is 186 Å². The topological polar surface area (TPSA) is 51.9 Å². The lowest BCUT2D eigenvalue weighted by atomic mass is 10.1. The van der Waals surface area contributed by atoms with Crippen LogP contribution in [0.1, 0.15) is 16.7 Å². The third-order valence-corrected chi connectivity index (χ3v) is 5.93. The average Bonchev–Trinajstić information content (AvgIpc) is 2.96. The summed E-state index contributed by atoms with van der Waals surface area (Å²) < 4.78 is 6.16. The molecule has 3 aromatic rings. The Morgan fingerprint density at radius 1 is 0.935 bits per heavy atom. The van der Waals surface area contributed by atoms with Crippen LogP contribution in [0.25, 0.3) is 0 Å². The highest BCUT2D eigenvalue weighted by molar-refractivity contribution is 6.31. The number of piperazine rings is 1. The van der Waals surface area contributed by atoms with E-state index in [4.69, 9.17) is 21.3 Å². The Balaban J connectivity index is 1.39. The molecule has 0 aromatic heterocycles. The van der Waals surface area contributed by atoms with Crippen LogP contribution in [-0.2, 0) is 6.54 Å². The Bertz CT molecular complexity index is 1190. The molecular weight excluding hydrogens is 408 g/mol. The van der Waals surface area contributed by atoms with Crippen LogP contribution in [0.2, 0.25) is 5.02 Å². The van der Waals surface area contributed by atoms with Crippen molar-refractivity contribution >= 4 is 23.1 Å². The first-order valence-corrected chi connectivity index (χ1v) is 10.7. The van der Waals surface area contributed by atoms with E-state index in [-0.39, 0.29) is 0 Å². The molecule has 0 saturated carbocycles. The maximum Gasteiger partial charge on any atom is 0.153 e. The lowest BCUT2D eigenvalue weighted by Crippen LogP contribution is -2.48. The van der Waals surface area contributed by atoms with E-state index in [1.807, 2.05) is 60.7 Å². The van der Waals surface area contributed by atoms with E-state index >= 15 is 0 Å². The summed E-state index contributed by atoms with van der Waals surface area (Å²) in [6.07, 6.45) is 0. The standard InChI is InChI=1S/C25H21ClN4O/c26-20-9-10-24-22(15-20)28-25(21-7-3-4-8-23(21)31-24)30-13-11-29(12-14-30)17-19-6-2-1-5-18(19)16-27/h1-10,15H,11-14,17H2. The number of rotatable bonds is 2. The summed E-state index contributed by atoms with van der Waals surface area (Å²) in [5.41, 5.74) is 3.55. The molecular formula is C25H21ClN4O. The van der Waals surface area contributed by atoms with Crippen molar-refractivity contribution in [1.29, 1.82) is 5.26 Å². The van der Waals surface area contributed by atoms with Crippen molar-refractivity contribution in [1.82, 2.24) is 9.80 Å². The van der Waals surface area contributed by atoms with Gasteiger partial charge in [0.15, 0.2) is 5.75 Å². The maximum absolute atomic E-state index is 9.37. The van der Waals surface area contributed by atoms with Gasteiger partial charge in [0.1, 0.15) is 17.3 Å². The Morgan fingerprint density at radius 3 is 2.55 bits per heavy atom. The number of halogens is 1. The molecule has 0 aliphatic carbocycles. The van der Waals surface area contributed by atoms with Gasteiger partial charge in [0.05, 0.1) is 17.2 Å². The number of fused-ring (bicyclic) bond motifs is 2. The number of aliphatic imine (C=N–C) groups is 1. The smallest absolute Gasteiger partial charge is 0.153 e. The zero-order valence-corrected chi connectivity index (χ0v) is 17.7. The SMILES string of the molecule is N#Cc1ccccc1CN1CCN(C2=Nc3cc(Cl)ccc3Oc3ccccc32)CC1. The molecule has 5 rings (SSSR count). The highest BCUT2D eigenvalue weighted by atomic mass is 35.5. The second kappa shape index (κ2) is 8.43. The minimum atomic E-state index is 0.636. The van der Waals surface area contributed by atoms with Crippen LogP contribution in [0.3, 0.4) is 0 Å². The second-order valence-electron chi connectivity index (χ2n) is 7.68. The van der Waals surface area contributed by atoms with Crippen LogP contribution in [0.4, 0.5) is 5.69 Å². The van der Waals surface area contributed by atoms with Gasteiger partial charge in [0.2, 0.25) is 0 Å². The molecule has 0 unspecified atom stereocenters. The number of para-hydroxylation sites is 1. The molecule has 31 heavy (non-hydrogen) atoms. The fourth-order valence-corrected chi connectivity index (χ4v) is 4.23. The van der Waals surface area contributed by atoms with Crippen molar-refractivity contribution in [2.75, 3.05) is 26.2 Å². The number of nitriles is 1. The zero-order chi connectivity index (χ0) is 21.2. The Hall–Kier alpha value is -3.33. The lowest BCUT2D eigenvalue weighted by molar-refractivity contribution is 0.175. The molecule has 5 nitrogen and oxygen atoms in total. The van der Waals surface area contributed by atoms with Gasteiger partial charge in [0, 0.05) is 37.7 Å².